The number of carbonyl (C=O) groups excluding carboxylic acids is 1. The number of hydrogen-bond acceptors (Lipinski definition) is 3. The third kappa shape index (κ3) is 2.91. The van der Waals surface area contributed by atoms with E-state index in [0.717, 1.165) is 13.1 Å². The summed E-state index contributed by atoms with van der Waals surface area (Å²) < 4.78 is 0. The van der Waals surface area contributed by atoms with E-state index in [0.29, 0.717) is 6.04 Å². The molecule has 0 unspecified atom stereocenters. The lowest BCUT2D eigenvalue weighted by molar-refractivity contribution is 0.205. The van der Waals surface area contributed by atoms with Crippen molar-refractivity contribution in [2.45, 2.75) is 31.7 Å². The van der Waals surface area contributed by atoms with Gasteiger partial charge in [0.2, 0.25) is 0 Å². The second-order valence-corrected chi connectivity index (χ2v) is 4.62. The largest absolute Gasteiger partial charge is 0.302 e. The highest BCUT2D eigenvalue weighted by Gasteiger charge is 2.26. The van der Waals surface area contributed by atoms with Crippen LogP contribution in [0, 0.1) is 0 Å². The first-order valence-corrected chi connectivity index (χ1v) is 6.06. The molecule has 2 fully saturated rings. The fourth-order valence-electron chi connectivity index (χ4n) is 2.76. The lowest BCUT2D eigenvalue weighted by Gasteiger charge is -2.27. The Balaban J connectivity index is 1.81. The van der Waals surface area contributed by atoms with Gasteiger partial charge < -0.3 is 4.90 Å². The fraction of sp³-hybridized carbons (Fsp3) is 0.833. The highest BCUT2D eigenvalue weighted by atomic mass is 16.1. The smallest absolute Gasteiger partial charge is 0.121 e. The summed E-state index contributed by atoms with van der Waals surface area (Å²) in [4.78, 5) is 15.2. The Hall–Kier alpha value is -0.630. The minimum Gasteiger partial charge on any atom is -0.302 e. The second kappa shape index (κ2) is 5.45. The molecule has 0 bridgehead atoms. The molecular weight excluding hydrogens is 188 g/mol. The maximum absolute atomic E-state index is 10.2. The second-order valence-electron chi connectivity index (χ2n) is 4.62. The number of likely N-dealkylation sites (tertiary alicyclic amines) is 2. The minimum atomic E-state index is 0.674. The Morgan fingerprint density at radius 3 is 2.73 bits per heavy atom. The zero-order valence-electron chi connectivity index (χ0n) is 9.32. The van der Waals surface area contributed by atoms with Gasteiger partial charge in [0.15, 0.2) is 0 Å². The third-order valence-electron chi connectivity index (χ3n) is 3.58. The Kier molecular flexibility index (Phi) is 3.95. The van der Waals surface area contributed by atoms with Crippen LogP contribution in [0.3, 0.4) is 0 Å². The van der Waals surface area contributed by atoms with E-state index in [2.05, 4.69) is 9.80 Å². The van der Waals surface area contributed by atoms with Crippen molar-refractivity contribution in [2.24, 2.45) is 0 Å². The monoisotopic (exact) mass is 208 g/mol. The predicted molar refractivity (Wildman–Crippen MR) is 60.5 cm³/mol. The van der Waals surface area contributed by atoms with Crippen molar-refractivity contribution in [1.82, 2.24) is 9.80 Å². The maximum Gasteiger partial charge on any atom is 0.121 e. The average molecular weight is 208 g/mol. The molecule has 3 nitrogen and oxygen atoms in total. The van der Waals surface area contributed by atoms with Crippen molar-refractivity contribution >= 4 is 5.94 Å². The van der Waals surface area contributed by atoms with E-state index in [9.17, 15) is 4.79 Å². The minimum absolute atomic E-state index is 0.674. The van der Waals surface area contributed by atoms with Gasteiger partial charge in [0.25, 0.3) is 0 Å². The van der Waals surface area contributed by atoms with Gasteiger partial charge in [-0.1, -0.05) is 0 Å². The summed E-state index contributed by atoms with van der Waals surface area (Å²) in [6.45, 7) is 5.69. The fourth-order valence-corrected chi connectivity index (χ4v) is 2.76. The summed E-state index contributed by atoms with van der Waals surface area (Å²) in [6.07, 6.45) is 6.92. The zero-order chi connectivity index (χ0) is 10.5. The van der Waals surface area contributed by atoms with Crippen molar-refractivity contribution in [3.8, 4) is 0 Å². The molecular formula is C12H20N2O. The summed E-state index contributed by atoms with van der Waals surface area (Å²) in [5.74, 6) is 1.88. The summed E-state index contributed by atoms with van der Waals surface area (Å²) in [7, 11) is 0. The van der Waals surface area contributed by atoms with Gasteiger partial charge in [-0.15, -0.1) is 0 Å². The van der Waals surface area contributed by atoms with Crippen LogP contribution in [-0.2, 0) is 4.79 Å². The molecule has 0 N–H and O–H groups in total. The van der Waals surface area contributed by atoms with Gasteiger partial charge in [-0.2, -0.15) is 0 Å². The number of nitrogens with zero attached hydrogens (tertiary/aromatic N) is 2. The van der Waals surface area contributed by atoms with E-state index in [1.54, 1.807) is 6.08 Å². The van der Waals surface area contributed by atoms with Gasteiger partial charge in [0.1, 0.15) is 5.94 Å². The normalized spacial score (nSPS) is 28.1. The zero-order valence-corrected chi connectivity index (χ0v) is 9.32. The molecule has 2 rings (SSSR count). The van der Waals surface area contributed by atoms with Crippen LogP contribution < -0.4 is 0 Å². The summed E-state index contributed by atoms with van der Waals surface area (Å²) >= 11 is 0. The molecule has 2 saturated heterocycles. The molecule has 0 radical (unpaired) electrons. The Labute approximate surface area is 91.7 Å². The van der Waals surface area contributed by atoms with Crippen LogP contribution in [-0.4, -0.2) is 54.5 Å². The van der Waals surface area contributed by atoms with Crippen molar-refractivity contribution in [3.05, 3.63) is 6.08 Å². The van der Waals surface area contributed by atoms with E-state index in [1.165, 1.54) is 45.3 Å². The molecule has 0 saturated carbocycles. The molecule has 15 heavy (non-hydrogen) atoms. The van der Waals surface area contributed by atoms with Gasteiger partial charge >= 0.3 is 0 Å². The van der Waals surface area contributed by atoms with Crippen LogP contribution in [0.5, 0.6) is 0 Å². The highest BCUT2D eigenvalue weighted by Crippen LogP contribution is 2.19. The van der Waals surface area contributed by atoms with Crippen LogP contribution in [0.1, 0.15) is 25.7 Å². The number of rotatable bonds is 4. The Morgan fingerprint density at radius 2 is 2.00 bits per heavy atom. The Bertz CT molecular complexity index is 242. The molecule has 0 aromatic carbocycles. The average Bonchev–Trinajstić information content (AvgIpc) is 2.87. The SMILES string of the molecule is O=C=CCN1CCC[C@H]1CN1CCCC1. The molecule has 0 aliphatic carbocycles. The molecule has 0 aromatic heterocycles. The first kappa shape index (κ1) is 10.9. The number of hydrogen-bond donors (Lipinski definition) is 0. The van der Waals surface area contributed by atoms with Crippen LogP contribution >= 0.6 is 0 Å². The summed E-state index contributed by atoms with van der Waals surface area (Å²) in [6, 6.07) is 0.674. The highest BCUT2D eigenvalue weighted by molar-refractivity contribution is 5.45. The maximum atomic E-state index is 10.2. The van der Waals surface area contributed by atoms with Crippen LogP contribution in [0.4, 0.5) is 0 Å². The van der Waals surface area contributed by atoms with Crippen molar-refractivity contribution < 1.29 is 4.79 Å². The summed E-state index contributed by atoms with van der Waals surface area (Å²) in [5.41, 5.74) is 0. The van der Waals surface area contributed by atoms with E-state index in [1.807, 2.05) is 5.94 Å². The van der Waals surface area contributed by atoms with Gasteiger partial charge in [-0.25, -0.2) is 4.79 Å². The predicted octanol–water partition coefficient (Wildman–Crippen LogP) is 0.934. The van der Waals surface area contributed by atoms with Crippen LogP contribution in [0.25, 0.3) is 0 Å². The van der Waals surface area contributed by atoms with Crippen LogP contribution in [0.2, 0.25) is 0 Å². The van der Waals surface area contributed by atoms with Crippen molar-refractivity contribution in [1.29, 1.82) is 0 Å². The third-order valence-corrected chi connectivity index (χ3v) is 3.58. The molecule has 3 heteroatoms. The first-order chi connectivity index (χ1) is 7.40. The lowest BCUT2D eigenvalue weighted by Crippen LogP contribution is -2.39. The van der Waals surface area contributed by atoms with Crippen LogP contribution in [0.15, 0.2) is 6.08 Å². The molecule has 84 valence electrons. The molecule has 2 aliphatic heterocycles. The van der Waals surface area contributed by atoms with Gasteiger partial charge in [-0.3, -0.25) is 4.90 Å². The molecule has 1 atom stereocenters. The lowest BCUT2D eigenvalue weighted by atomic mass is 10.2. The molecule has 0 aromatic rings. The topological polar surface area (TPSA) is 23.6 Å². The summed E-state index contributed by atoms with van der Waals surface area (Å²) in [5, 5.41) is 0. The van der Waals surface area contributed by atoms with E-state index in [-0.39, 0.29) is 0 Å². The molecule has 0 amide bonds. The van der Waals surface area contributed by atoms with E-state index in [4.69, 9.17) is 0 Å². The quantitative estimate of drug-likeness (QED) is 0.642. The Morgan fingerprint density at radius 1 is 1.20 bits per heavy atom. The van der Waals surface area contributed by atoms with Gasteiger partial charge in [-0.05, 0) is 45.3 Å². The van der Waals surface area contributed by atoms with E-state index < -0.39 is 0 Å². The first-order valence-electron chi connectivity index (χ1n) is 6.06. The molecule has 2 heterocycles. The molecule has 2 aliphatic rings. The van der Waals surface area contributed by atoms with Gasteiger partial charge in [0, 0.05) is 25.2 Å². The molecule has 0 spiro atoms. The van der Waals surface area contributed by atoms with Gasteiger partial charge in [0.05, 0.1) is 0 Å². The van der Waals surface area contributed by atoms with Crippen molar-refractivity contribution in [2.75, 3.05) is 32.7 Å². The van der Waals surface area contributed by atoms with E-state index >= 15 is 0 Å². The van der Waals surface area contributed by atoms with Crippen molar-refractivity contribution in [3.63, 3.8) is 0 Å². The standard InChI is InChI=1S/C12H20N2O/c15-10-4-9-14-8-3-5-12(14)11-13-6-1-2-7-13/h4,12H,1-3,5-9,11H2/t12-/m0/s1.